The van der Waals surface area contributed by atoms with Crippen LogP contribution in [0.25, 0.3) is 11.0 Å². The molecule has 2 rings (SSSR count). The minimum Gasteiger partial charge on any atom is -0.306 e. The van der Waals surface area contributed by atoms with E-state index in [-0.39, 0.29) is 5.69 Å². The van der Waals surface area contributed by atoms with Crippen molar-refractivity contribution >= 4 is 11.0 Å². The lowest BCUT2D eigenvalue weighted by Gasteiger charge is -1.92. The fourth-order valence-corrected chi connectivity index (χ4v) is 1.31. The Morgan fingerprint density at radius 1 is 1.54 bits per heavy atom. The fourth-order valence-electron chi connectivity index (χ4n) is 1.31. The van der Waals surface area contributed by atoms with Crippen LogP contribution in [0, 0.1) is 11.3 Å². The topological polar surface area (TPSA) is 61.6 Å². The van der Waals surface area contributed by atoms with Crippen LogP contribution in [0.1, 0.15) is 5.56 Å². The SMILES string of the molecule is Cn1c(=O)[nH]c2cc(C#N)ccc21. The third-order valence-electron chi connectivity index (χ3n) is 2.03. The standard InChI is InChI=1S/C9H7N3O/c1-12-8-3-2-6(5-10)4-7(8)11-9(12)13/h2-4H,1H3,(H,11,13). The fraction of sp³-hybridized carbons (Fsp3) is 0.111. The van der Waals surface area contributed by atoms with Crippen molar-refractivity contribution in [3.63, 3.8) is 0 Å². The molecule has 1 N–H and O–H groups in total. The Hall–Kier alpha value is -2.02. The monoisotopic (exact) mass is 173 g/mol. The molecule has 0 saturated carbocycles. The molecule has 0 amide bonds. The lowest BCUT2D eigenvalue weighted by Crippen LogP contribution is -2.11. The number of nitrogens with zero attached hydrogens (tertiary/aromatic N) is 2. The van der Waals surface area contributed by atoms with Gasteiger partial charge in [-0.15, -0.1) is 0 Å². The third-order valence-corrected chi connectivity index (χ3v) is 2.03. The summed E-state index contributed by atoms with van der Waals surface area (Å²) >= 11 is 0. The number of benzene rings is 1. The maximum absolute atomic E-state index is 11.2. The van der Waals surface area contributed by atoms with Gasteiger partial charge in [0.15, 0.2) is 0 Å². The minimum atomic E-state index is -0.162. The molecule has 1 heterocycles. The molecule has 4 nitrogen and oxygen atoms in total. The van der Waals surface area contributed by atoms with Gasteiger partial charge in [-0.05, 0) is 18.2 Å². The predicted molar refractivity (Wildman–Crippen MR) is 48.3 cm³/mol. The van der Waals surface area contributed by atoms with Gasteiger partial charge in [0, 0.05) is 7.05 Å². The van der Waals surface area contributed by atoms with Crippen LogP contribution in [-0.4, -0.2) is 9.55 Å². The first-order valence-corrected chi connectivity index (χ1v) is 3.81. The molecule has 0 aliphatic heterocycles. The number of hydrogen-bond donors (Lipinski definition) is 1. The first-order valence-electron chi connectivity index (χ1n) is 3.81. The summed E-state index contributed by atoms with van der Waals surface area (Å²) in [6.45, 7) is 0. The smallest absolute Gasteiger partial charge is 0.306 e. The summed E-state index contributed by atoms with van der Waals surface area (Å²) in [4.78, 5) is 13.8. The molecule has 0 saturated heterocycles. The van der Waals surface area contributed by atoms with Gasteiger partial charge in [-0.25, -0.2) is 4.79 Å². The molecule has 1 aromatic carbocycles. The molecule has 0 spiro atoms. The third kappa shape index (κ3) is 1.02. The van der Waals surface area contributed by atoms with E-state index in [1.165, 1.54) is 4.57 Å². The second-order valence-corrected chi connectivity index (χ2v) is 2.83. The van der Waals surface area contributed by atoms with E-state index in [2.05, 4.69) is 4.98 Å². The summed E-state index contributed by atoms with van der Waals surface area (Å²) in [6.07, 6.45) is 0. The van der Waals surface area contributed by atoms with E-state index in [0.29, 0.717) is 11.1 Å². The van der Waals surface area contributed by atoms with Crippen LogP contribution in [0.5, 0.6) is 0 Å². The quantitative estimate of drug-likeness (QED) is 0.638. The summed E-state index contributed by atoms with van der Waals surface area (Å²) < 4.78 is 1.51. The van der Waals surface area contributed by atoms with Crippen molar-refractivity contribution in [3.05, 3.63) is 34.2 Å². The summed E-state index contributed by atoms with van der Waals surface area (Å²) in [6, 6.07) is 7.13. The molecule has 0 aliphatic carbocycles. The maximum atomic E-state index is 11.2. The normalized spacial score (nSPS) is 10.2. The highest BCUT2D eigenvalue weighted by Crippen LogP contribution is 2.10. The molecule has 0 unspecified atom stereocenters. The van der Waals surface area contributed by atoms with Crippen molar-refractivity contribution in [1.82, 2.24) is 9.55 Å². The Labute approximate surface area is 74.0 Å². The van der Waals surface area contributed by atoms with E-state index in [9.17, 15) is 4.79 Å². The number of rotatable bonds is 0. The second kappa shape index (κ2) is 2.49. The molecular weight excluding hydrogens is 166 g/mol. The Bertz CT molecular complexity index is 556. The lowest BCUT2D eigenvalue weighted by molar-refractivity contribution is 0.891. The number of hydrogen-bond acceptors (Lipinski definition) is 2. The van der Waals surface area contributed by atoms with Gasteiger partial charge >= 0.3 is 5.69 Å². The average Bonchev–Trinajstić information content (AvgIpc) is 2.42. The van der Waals surface area contributed by atoms with Gasteiger partial charge in [0.1, 0.15) is 0 Å². The second-order valence-electron chi connectivity index (χ2n) is 2.83. The van der Waals surface area contributed by atoms with Crippen LogP contribution >= 0.6 is 0 Å². The highest BCUT2D eigenvalue weighted by Gasteiger charge is 2.02. The van der Waals surface area contributed by atoms with Crippen molar-refractivity contribution in [1.29, 1.82) is 5.26 Å². The van der Waals surface area contributed by atoms with Crippen LogP contribution in [-0.2, 0) is 7.05 Å². The zero-order valence-corrected chi connectivity index (χ0v) is 7.03. The van der Waals surface area contributed by atoms with E-state index in [4.69, 9.17) is 5.26 Å². The highest BCUT2D eigenvalue weighted by molar-refractivity contribution is 5.76. The van der Waals surface area contributed by atoms with Gasteiger partial charge in [0.25, 0.3) is 0 Å². The summed E-state index contributed by atoms with van der Waals surface area (Å²) in [5.74, 6) is 0. The Balaban J connectivity index is 2.90. The minimum absolute atomic E-state index is 0.162. The van der Waals surface area contributed by atoms with Gasteiger partial charge < -0.3 is 4.98 Å². The van der Waals surface area contributed by atoms with Crippen molar-refractivity contribution in [2.24, 2.45) is 7.05 Å². The molecule has 0 aliphatic rings. The number of aromatic amines is 1. The molecule has 0 fully saturated rings. The van der Waals surface area contributed by atoms with Crippen LogP contribution in [0.2, 0.25) is 0 Å². The zero-order chi connectivity index (χ0) is 9.42. The van der Waals surface area contributed by atoms with Crippen LogP contribution in [0.4, 0.5) is 0 Å². The van der Waals surface area contributed by atoms with E-state index in [1.807, 2.05) is 6.07 Å². The highest BCUT2D eigenvalue weighted by atomic mass is 16.1. The molecule has 64 valence electrons. The first kappa shape index (κ1) is 7.62. The van der Waals surface area contributed by atoms with E-state index in [0.717, 1.165) is 5.52 Å². The number of fused-ring (bicyclic) bond motifs is 1. The molecule has 0 atom stereocenters. The average molecular weight is 173 g/mol. The van der Waals surface area contributed by atoms with Crippen molar-refractivity contribution in [3.8, 4) is 6.07 Å². The maximum Gasteiger partial charge on any atom is 0.326 e. The van der Waals surface area contributed by atoms with Crippen LogP contribution < -0.4 is 5.69 Å². The largest absolute Gasteiger partial charge is 0.326 e. The summed E-state index contributed by atoms with van der Waals surface area (Å²) in [7, 11) is 1.69. The molecule has 0 bridgehead atoms. The van der Waals surface area contributed by atoms with Gasteiger partial charge in [-0.1, -0.05) is 0 Å². The van der Waals surface area contributed by atoms with Gasteiger partial charge in [0.05, 0.1) is 22.7 Å². The number of nitriles is 1. The van der Waals surface area contributed by atoms with Crippen LogP contribution in [0.15, 0.2) is 23.0 Å². The number of nitrogens with one attached hydrogen (secondary N) is 1. The van der Waals surface area contributed by atoms with E-state index >= 15 is 0 Å². The molecular formula is C9H7N3O. The van der Waals surface area contributed by atoms with E-state index in [1.54, 1.807) is 25.2 Å². The number of aromatic nitrogens is 2. The molecule has 1 aromatic heterocycles. The van der Waals surface area contributed by atoms with E-state index < -0.39 is 0 Å². The Kier molecular flexibility index (Phi) is 1.46. The van der Waals surface area contributed by atoms with Crippen molar-refractivity contribution in [2.75, 3.05) is 0 Å². The number of aryl methyl sites for hydroxylation is 1. The summed E-state index contributed by atoms with van der Waals surface area (Å²) in [5.41, 5.74) is 1.90. The number of imidazole rings is 1. The van der Waals surface area contributed by atoms with Gasteiger partial charge in [-0.3, -0.25) is 4.57 Å². The summed E-state index contributed by atoms with van der Waals surface area (Å²) in [5, 5.41) is 8.62. The molecule has 4 heteroatoms. The molecule has 2 aromatic rings. The molecule has 0 radical (unpaired) electrons. The van der Waals surface area contributed by atoms with Crippen molar-refractivity contribution < 1.29 is 0 Å². The molecule has 13 heavy (non-hydrogen) atoms. The van der Waals surface area contributed by atoms with Gasteiger partial charge in [-0.2, -0.15) is 5.26 Å². The predicted octanol–water partition coefficient (Wildman–Crippen LogP) is 0.738. The van der Waals surface area contributed by atoms with Gasteiger partial charge in [0.2, 0.25) is 0 Å². The Morgan fingerprint density at radius 2 is 2.31 bits per heavy atom. The first-order chi connectivity index (χ1) is 6.22. The lowest BCUT2D eigenvalue weighted by atomic mass is 10.2. The number of H-pyrrole nitrogens is 1. The van der Waals surface area contributed by atoms with Crippen molar-refractivity contribution in [2.45, 2.75) is 0 Å². The Morgan fingerprint density at radius 3 is 3.00 bits per heavy atom. The zero-order valence-electron chi connectivity index (χ0n) is 7.03. The van der Waals surface area contributed by atoms with Crippen LogP contribution in [0.3, 0.4) is 0 Å².